The molecule has 0 aromatic heterocycles. The van der Waals surface area contributed by atoms with Crippen molar-refractivity contribution in [3.05, 3.63) is 77.9 Å². The third kappa shape index (κ3) is 6.76. The SMILES string of the molecule is COC(=O)N1CCC(Oc2cccc(NC(=O)c3cccc(C)c3-c3ccc(OC(F)(F)F)cc3)c2)CC1. The van der Waals surface area contributed by atoms with E-state index < -0.39 is 6.36 Å². The third-order valence-electron chi connectivity index (χ3n) is 6.16. The second-order valence-electron chi connectivity index (χ2n) is 8.83. The van der Waals surface area contributed by atoms with Crippen molar-refractivity contribution in [2.24, 2.45) is 0 Å². The topological polar surface area (TPSA) is 77.1 Å². The smallest absolute Gasteiger partial charge is 0.490 e. The number of aryl methyl sites for hydroxylation is 1. The number of methoxy groups -OCH3 is 1. The molecular weight excluding hydrogens is 501 g/mol. The van der Waals surface area contributed by atoms with Crippen LogP contribution in [0.1, 0.15) is 28.8 Å². The van der Waals surface area contributed by atoms with Gasteiger partial charge in [-0.25, -0.2) is 4.79 Å². The minimum Gasteiger partial charge on any atom is -0.490 e. The van der Waals surface area contributed by atoms with Crippen molar-refractivity contribution >= 4 is 17.7 Å². The van der Waals surface area contributed by atoms with Crippen molar-refractivity contribution < 1.29 is 37.0 Å². The molecule has 0 saturated carbocycles. The van der Waals surface area contributed by atoms with Crippen LogP contribution in [0, 0.1) is 6.92 Å². The molecule has 0 radical (unpaired) electrons. The van der Waals surface area contributed by atoms with E-state index in [9.17, 15) is 22.8 Å². The molecule has 1 aliphatic rings. The van der Waals surface area contributed by atoms with E-state index in [0.717, 1.165) is 5.56 Å². The normalized spacial score (nSPS) is 14.1. The molecule has 1 N–H and O–H groups in total. The van der Waals surface area contributed by atoms with Gasteiger partial charge in [-0.3, -0.25) is 4.79 Å². The summed E-state index contributed by atoms with van der Waals surface area (Å²) < 4.78 is 52.4. The number of ether oxygens (including phenoxy) is 3. The van der Waals surface area contributed by atoms with Gasteiger partial charge in [0.15, 0.2) is 0 Å². The Morgan fingerprint density at radius 2 is 1.63 bits per heavy atom. The minimum atomic E-state index is -4.78. The molecule has 1 heterocycles. The number of halogens is 3. The van der Waals surface area contributed by atoms with Crippen molar-refractivity contribution in [3.8, 4) is 22.6 Å². The van der Waals surface area contributed by atoms with Crippen LogP contribution < -0.4 is 14.8 Å². The average molecular weight is 529 g/mol. The zero-order chi connectivity index (χ0) is 27.3. The number of carbonyl (C=O) groups excluding carboxylic acids is 2. The molecule has 0 spiro atoms. The van der Waals surface area contributed by atoms with E-state index in [1.165, 1.54) is 31.4 Å². The molecule has 1 aliphatic heterocycles. The fourth-order valence-electron chi connectivity index (χ4n) is 4.39. The number of amides is 2. The number of nitrogens with one attached hydrogen (secondary N) is 1. The van der Waals surface area contributed by atoms with Gasteiger partial charge in [-0.2, -0.15) is 0 Å². The number of nitrogens with zero attached hydrogens (tertiary/aromatic N) is 1. The van der Waals surface area contributed by atoms with E-state index in [4.69, 9.17) is 9.47 Å². The number of anilines is 1. The number of rotatable bonds is 6. The van der Waals surface area contributed by atoms with Crippen LogP contribution in [0.5, 0.6) is 11.5 Å². The highest BCUT2D eigenvalue weighted by molar-refractivity contribution is 6.09. The summed E-state index contributed by atoms with van der Waals surface area (Å²) in [7, 11) is 1.35. The molecule has 4 rings (SSSR count). The van der Waals surface area contributed by atoms with Crippen molar-refractivity contribution in [1.29, 1.82) is 0 Å². The number of piperidine rings is 1. The summed E-state index contributed by atoms with van der Waals surface area (Å²) in [6.07, 6.45) is -3.90. The van der Waals surface area contributed by atoms with Crippen LogP contribution in [0.4, 0.5) is 23.7 Å². The number of benzene rings is 3. The molecule has 10 heteroatoms. The lowest BCUT2D eigenvalue weighted by Crippen LogP contribution is -2.41. The van der Waals surface area contributed by atoms with Crippen molar-refractivity contribution in [3.63, 3.8) is 0 Å². The van der Waals surface area contributed by atoms with E-state index in [0.29, 0.717) is 54.1 Å². The third-order valence-corrected chi connectivity index (χ3v) is 6.16. The summed E-state index contributed by atoms with van der Waals surface area (Å²) in [6.45, 7) is 2.90. The maximum absolute atomic E-state index is 13.3. The highest BCUT2D eigenvalue weighted by Crippen LogP contribution is 2.31. The molecule has 0 unspecified atom stereocenters. The lowest BCUT2D eigenvalue weighted by molar-refractivity contribution is -0.274. The molecule has 7 nitrogen and oxygen atoms in total. The lowest BCUT2D eigenvalue weighted by Gasteiger charge is -2.31. The van der Waals surface area contributed by atoms with Crippen LogP contribution in [0.15, 0.2) is 66.7 Å². The number of hydrogen-bond donors (Lipinski definition) is 1. The minimum absolute atomic E-state index is 0.0745. The van der Waals surface area contributed by atoms with E-state index in [1.54, 1.807) is 41.3 Å². The summed E-state index contributed by atoms with van der Waals surface area (Å²) in [5.41, 5.74) is 2.88. The molecule has 0 atom stereocenters. The maximum Gasteiger partial charge on any atom is 0.573 e. The molecule has 3 aromatic rings. The Morgan fingerprint density at radius 1 is 0.947 bits per heavy atom. The second kappa shape index (κ2) is 11.5. The van der Waals surface area contributed by atoms with E-state index >= 15 is 0 Å². The molecule has 0 bridgehead atoms. The Labute approximate surface area is 218 Å². The van der Waals surface area contributed by atoms with E-state index in [2.05, 4.69) is 10.1 Å². The molecule has 1 saturated heterocycles. The van der Waals surface area contributed by atoms with Gasteiger partial charge >= 0.3 is 12.5 Å². The number of alkyl halides is 3. The monoisotopic (exact) mass is 528 g/mol. The predicted molar refractivity (Wildman–Crippen MR) is 135 cm³/mol. The Hall–Kier alpha value is -4.21. The maximum atomic E-state index is 13.3. The highest BCUT2D eigenvalue weighted by Gasteiger charge is 2.31. The van der Waals surface area contributed by atoms with Gasteiger partial charge in [0.1, 0.15) is 17.6 Å². The summed E-state index contributed by atoms with van der Waals surface area (Å²) in [5, 5.41) is 2.88. The van der Waals surface area contributed by atoms with Gasteiger partial charge in [-0.05, 0) is 53.9 Å². The van der Waals surface area contributed by atoms with Gasteiger partial charge in [0.25, 0.3) is 5.91 Å². The van der Waals surface area contributed by atoms with Crippen LogP contribution in [-0.4, -0.2) is 49.6 Å². The van der Waals surface area contributed by atoms with Crippen molar-refractivity contribution in [2.75, 3.05) is 25.5 Å². The fourth-order valence-corrected chi connectivity index (χ4v) is 4.39. The van der Waals surface area contributed by atoms with Crippen LogP contribution in [-0.2, 0) is 4.74 Å². The first kappa shape index (κ1) is 26.8. The van der Waals surface area contributed by atoms with Crippen LogP contribution >= 0.6 is 0 Å². The molecule has 0 aliphatic carbocycles. The number of hydrogen-bond acceptors (Lipinski definition) is 5. The van der Waals surface area contributed by atoms with Gasteiger partial charge in [0.05, 0.1) is 7.11 Å². The molecule has 3 aromatic carbocycles. The number of carbonyl (C=O) groups is 2. The van der Waals surface area contributed by atoms with Gasteiger partial charge < -0.3 is 24.4 Å². The van der Waals surface area contributed by atoms with Crippen molar-refractivity contribution in [2.45, 2.75) is 32.2 Å². The first-order chi connectivity index (χ1) is 18.1. The molecular formula is C28H27F3N2O5. The second-order valence-corrected chi connectivity index (χ2v) is 8.83. The summed E-state index contributed by atoms with van der Waals surface area (Å²) in [5.74, 6) is -0.125. The summed E-state index contributed by atoms with van der Waals surface area (Å²) in [6, 6.07) is 17.7. The zero-order valence-corrected chi connectivity index (χ0v) is 20.9. The average Bonchev–Trinajstić information content (AvgIpc) is 2.88. The quantitative estimate of drug-likeness (QED) is 0.399. The largest absolute Gasteiger partial charge is 0.573 e. The Morgan fingerprint density at radius 3 is 2.29 bits per heavy atom. The first-order valence-electron chi connectivity index (χ1n) is 12.0. The van der Waals surface area contributed by atoms with Crippen molar-refractivity contribution in [1.82, 2.24) is 4.90 Å². The Balaban J connectivity index is 1.46. The van der Waals surface area contributed by atoms with Crippen LogP contribution in [0.25, 0.3) is 11.1 Å². The fraction of sp³-hybridized carbons (Fsp3) is 0.286. The zero-order valence-electron chi connectivity index (χ0n) is 20.9. The van der Waals surface area contributed by atoms with Gasteiger partial charge in [-0.15, -0.1) is 13.2 Å². The predicted octanol–water partition coefficient (Wildman–Crippen LogP) is 6.42. The Bertz CT molecular complexity index is 1290. The van der Waals surface area contributed by atoms with Crippen LogP contribution in [0.3, 0.4) is 0 Å². The van der Waals surface area contributed by atoms with Gasteiger partial charge in [0.2, 0.25) is 0 Å². The van der Waals surface area contributed by atoms with E-state index in [-0.39, 0.29) is 23.9 Å². The standard InChI is InChI=1S/C28H27F3N2O5/c1-18-5-3-8-24(25(18)19-9-11-22(12-10-19)38-28(29,30)31)26(34)32-20-6-4-7-23(17-20)37-21-13-15-33(16-14-21)27(35)36-2/h3-12,17,21H,13-16H2,1-2H3,(H,32,34). The van der Waals surface area contributed by atoms with Gasteiger partial charge in [0, 0.05) is 43.2 Å². The molecule has 1 fully saturated rings. The Kier molecular flexibility index (Phi) is 8.09. The molecule has 2 amide bonds. The highest BCUT2D eigenvalue weighted by atomic mass is 19.4. The van der Waals surface area contributed by atoms with Crippen LogP contribution in [0.2, 0.25) is 0 Å². The van der Waals surface area contributed by atoms with Gasteiger partial charge in [-0.1, -0.05) is 30.3 Å². The number of likely N-dealkylation sites (tertiary alicyclic amines) is 1. The first-order valence-corrected chi connectivity index (χ1v) is 12.0. The molecule has 38 heavy (non-hydrogen) atoms. The van der Waals surface area contributed by atoms with E-state index in [1.807, 2.05) is 13.0 Å². The summed E-state index contributed by atoms with van der Waals surface area (Å²) in [4.78, 5) is 26.6. The summed E-state index contributed by atoms with van der Waals surface area (Å²) >= 11 is 0. The lowest BCUT2D eigenvalue weighted by atomic mass is 9.94. The molecule has 200 valence electrons.